The van der Waals surface area contributed by atoms with E-state index in [9.17, 15) is 18.3 Å². The van der Waals surface area contributed by atoms with Crippen molar-refractivity contribution in [1.82, 2.24) is 14.9 Å². The Morgan fingerprint density at radius 1 is 1.06 bits per heavy atom. The van der Waals surface area contributed by atoms with Crippen molar-refractivity contribution in [2.75, 3.05) is 26.2 Å². The molecule has 0 amide bonds. The number of benzene rings is 2. The van der Waals surface area contributed by atoms with Crippen LogP contribution in [-0.4, -0.2) is 52.3 Å². The van der Waals surface area contributed by atoms with Crippen LogP contribution in [0.2, 0.25) is 0 Å². The third-order valence-electron chi connectivity index (χ3n) is 6.10. The first-order chi connectivity index (χ1) is 15.9. The van der Waals surface area contributed by atoms with Gasteiger partial charge in [-0.2, -0.15) is 13.2 Å². The zero-order valence-electron chi connectivity index (χ0n) is 17.8. The number of aromatic nitrogens is 2. The summed E-state index contributed by atoms with van der Waals surface area (Å²) in [5, 5.41) is 12.2. The molecule has 1 aliphatic heterocycles. The smallest absolute Gasteiger partial charge is 0.416 e. The summed E-state index contributed by atoms with van der Waals surface area (Å²) in [6.07, 6.45) is 1.47. The maximum Gasteiger partial charge on any atom is 0.416 e. The van der Waals surface area contributed by atoms with Gasteiger partial charge in [0.1, 0.15) is 18.5 Å². The van der Waals surface area contributed by atoms with E-state index in [1.54, 1.807) is 6.20 Å². The van der Waals surface area contributed by atoms with E-state index in [2.05, 4.69) is 20.9 Å². The van der Waals surface area contributed by atoms with Crippen LogP contribution in [0.1, 0.15) is 17.5 Å². The van der Waals surface area contributed by atoms with E-state index in [4.69, 9.17) is 4.74 Å². The van der Waals surface area contributed by atoms with E-state index in [0.717, 1.165) is 58.3 Å². The molecule has 172 valence electrons. The van der Waals surface area contributed by atoms with Gasteiger partial charge in [0.25, 0.3) is 0 Å². The lowest BCUT2D eigenvalue weighted by Gasteiger charge is -2.28. The molecular weight excluding hydrogens is 431 g/mol. The van der Waals surface area contributed by atoms with Gasteiger partial charge in [-0.1, -0.05) is 18.2 Å². The number of aromatic amines is 2. The Bertz CT molecular complexity index is 1310. The van der Waals surface area contributed by atoms with Crippen molar-refractivity contribution in [1.29, 1.82) is 0 Å². The van der Waals surface area contributed by atoms with Gasteiger partial charge in [-0.25, -0.2) is 0 Å². The van der Waals surface area contributed by atoms with Crippen molar-refractivity contribution < 1.29 is 23.0 Å². The van der Waals surface area contributed by atoms with Crippen LogP contribution < -0.4 is 4.74 Å². The number of β-amino-alcohol motifs (C(OH)–C–C–N with tert-alkyl or cyclic N) is 1. The molecule has 1 atom stereocenters. The minimum atomic E-state index is -4.36. The molecule has 5 nitrogen and oxygen atoms in total. The number of H-pyrrole nitrogens is 2. The largest absolute Gasteiger partial charge is 0.490 e. The summed E-state index contributed by atoms with van der Waals surface area (Å²) in [6.45, 7) is 2.09. The Kier molecular flexibility index (Phi) is 5.64. The molecule has 3 N–H and O–H groups in total. The maximum absolute atomic E-state index is 13.0. The number of halogens is 3. The van der Waals surface area contributed by atoms with Crippen molar-refractivity contribution >= 4 is 27.4 Å². The Morgan fingerprint density at radius 2 is 1.94 bits per heavy atom. The van der Waals surface area contributed by atoms with Crippen molar-refractivity contribution in [2.24, 2.45) is 0 Å². The second-order valence-electron chi connectivity index (χ2n) is 8.36. The third kappa shape index (κ3) is 4.49. The number of nitrogens with one attached hydrogen (secondary N) is 2. The average Bonchev–Trinajstić information content (AvgIpc) is 3.44. The van der Waals surface area contributed by atoms with Crippen LogP contribution in [0.15, 0.2) is 60.9 Å². The Hall–Kier alpha value is -3.23. The van der Waals surface area contributed by atoms with Crippen molar-refractivity contribution in [2.45, 2.75) is 18.7 Å². The van der Waals surface area contributed by atoms with Gasteiger partial charge in [-0.15, -0.1) is 0 Å². The monoisotopic (exact) mass is 455 g/mol. The van der Waals surface area contributed by atoms with Gasteiger partial charge in [0.2, 0.25) is 0 Å². The molecule has 0 bridgehead atoms. The SMILES string of the molecule is OC(COc1cccc2[nH]ccc12)CN1CC=C(c2c[nH]c3cc(C(F)(F)F)ccc23)CC1. The first-order valence-electron chi connectivity index (χ1n) is 10.9. The zero-order chi connectivity index (χ0) is 23.0. The van der Waals surface area contributed by atoms with Gasteiger partial charge in [-0.3, -0.25) is 4.90 Å². The van der Waals surface area contributed by atoms with E-state index in [0.29, 0.717) is 18.6 Å². The summed E-state index contributed by atoms with van der Waals surface area (Å²) in [5.41, 5.74) is 2.84. The highest BCUT2D eigenvalue weighted by Gasteiger charge is 2.31. The van der Waals surface area contributed by atoms with Gasteiger partial charge in [0.05, 0.1) is 5.56 Å². The Morgan fingerprint density at radius 3 is 2.73 bits per heavy atom. The molecule has 1 aliphatic rings. The van der Waals surface area contributed by atoms with E-state index in [-0.39, 0.29) is 6.61 Å². The lowest BCUT2D eigenvalue weighted by molar-refractivity contribution is -0.137. The summed E-state index contributed by atoms with van der Waals surface area (Å²) in [6, 6.07) is 11.5. The van der Waals surface area contributed by atoms with Gasteiger partial charge in [0.15, 0.2) is 0 Å². The molecule has 0 radical (unpaired) electrons. The summed E-state index contributed by atoms with van der Waals surface area (Å²) in [7, 11) is 0. The zero-order valence-corrected chi connectivity index (χ0v) is 17.8. The molecule has 5 rings (SSSR count). The fourth-order valence-corrected chi connectivity index (χ4v) is 4.41. The van der Waals surface area contributed by atoms with Crippen molar-refractivity contribution in [3.8, 4) is 5.75 Å². The minimum Gasteiger partial charge on any atom is -0.490 e. The van der Waals surface area contributed by atoms with Crippen LogP contribution in [-0.2, 0) is 6.18 Å². The van der Waals surface area contributed by atoms with Crippen LogP contribution in [0.3, 0.4) is 0 Å². The predicted molar refractivity (Wildman–Crippen MR) is 122 cm³/mol. The molecule has 3 heterocycles. The molecule has 1 unspecified atom stereocenters. The van der Waals surface area contributed by atoms with E-state index in [1.165, 1.54) is 6.07 Å². The number of hydrogen-bond donors (Lipinski definition) is 3. The number of aliphatic hydroxyl groups is 1. The summed E-state index contributed by atoms with van der Waals surface area (Å²) >= 11 is 0. The van der Waals surface area contributed by atoms with Crippen LogP contribution in [0.5, 0.6) is 5.75 Å². The van der Waals surface area contributed by atoms with E-state index >= 15 is 0 Å². The van der Waals surface area contributed by atoms with E-state index in [1.807, 2.05) is 30.5 Å². The molecule has 8 heteroatoms. The highest BCUT2D eigenvalue weighted by molar-refractivity contribution is 5.93. The highest BCUT2D eigenvalue weighted by Crippen LogP contribution is 2.34. The fraction of sp³-hybridized carbons (Fsp3) is 0.280. The minimum absolute atomic E-state index is 0.196. The Labute approximate surface area is 188 Å². The molecule has 2 aromatic heterocycles. The normalized spacial score (nSPS) is 16.3. The molecule has 0 saturated heterocycles. The number of fused-ring (bicyclic) bond motifs is 2. The number of aliphatic hydroxyl groups excluding tert-OH is 1. The summed E-state index contributed by atoms with van der Waals surface area (Å²) in [5.74, 6) is 0.738. The second kappa shape index (κ2) is 8.61. The van der Waals surface area contributed by atoms with Crippen molar-refractivity contribution in [3.63, 3.8) is 0 Å². The molecule has 0 aliphatic carbocycles. The van der Waals surface area contributed by atoms with Crippen LogP contribution >= 0.6 is 0 Å². The quantitative estimate of drug-likeness (QED) is 0.375. The number of nitrogens with zero attached hydrogens (tertiary/aromatic N) is 1. The summed E-state index contributed by atoms with van der Waals surface area (Å²) in [4.78, 5) is 8.25. The molecule has 2 aromatic carbocycles. The molecular formula is C25H24F3N3O2. The topological polar surface area (TPSA) is 64.3 Å². The first-order valence-corrected chi connectivity index (χ1v) is 10.9. The van der Waals surface area contributed by atoms with Gasteiger partial charge in [-0.05, 0) is 42.3 Å². The molecule has 4 aromatic rings. The lowest BCUT2D eigenvalue weighted by Crippen LogP contribution is -2.38. The second-order valence-corrected chi connectivity index (χ2v) is 8.36. The van der Waals surface area contributed by atoms with Crippen LogP contribution in [0.4, 0.5) is 13.2 Å². The van der Waals surface area contributed by atoms with Crippen molar-refractivity contribution in [3.05, 3.63) is 72.1 Å². The molecule has 0 fully saturated rings. The number of hydrogen-bond acceptors (Lipinski definition) is 3. The van der Waals surface area contributed by atoms with Gasteiger partial charge < -0.3 is 19.8 Å². The lowest BCUT2D eigenvalue weighted by atomic mass is 9.98. The van der Waals surface area contributed by atoms with Crippen LogP contribution in [0.25, 0.3) is 27.4 Å². The number of ether oxygens (including phenoxy) is 1. The Balaban J connectivity index is 1.20. The third-order valence-corrected chi connectivity index (χ3v) is 6.10. The number of alkyl halides is 3. The van der Waals surface area contributed by atoms with E-state index < -0.39 is 17.8 Å². The summed E-state index contributed by atoms with van der Waals surface area (Å²) < 4.78 is 44.8. The standard InChI is InChI=1S/C25H24F3N3O2/c26-25(27,28)17-4-5-19-21(13-30-23(19)12-17)16-7-10-31(11-8-16)14-18(32)15-33-24-3-1-2-22-20(24)6-9-29-22/h1-7,9,12-13,18,29-30,32H,8,10-11,14-15H2. The highest BCUT2D eigenvalue weighted by atomic mass is 19.4. The van der Waals surface area contributed by atoms with Gasteiger partial charge in [0, 0.05) is 59.4 Å². The molecule has 0 saturated carbocycles. The molecule has 0 spiro atoms. The maximum atomic E-state index is 13.0. The predicted octanol–water partition coefficient (Wildman–Crippen LogP) is 5.20. The number of rotatable bonds is 6. The van der Waals surface area contributed by atoms with Gasteiger partial charge >= 0.3 is 6.18 Å². The van der Waals surface area contributed by atoms with Crippen LogP contribution in [0, 0.1) is 0 Å². The fourth-order valence-electron chi connectivity index (χ4n) is 4.41. The molecule has 33 heavy (non-hydrogen) atoms. The average molecular weight is 455 g/mol. The first kappa shape index (κ1) is 21.6.